The van der Waals surface area contributed by atoms with E-state index in [9.17, 15) is 18.0 Å². The number of amides is 1. The van der Waals surface area contributed by atoms with Crippen molar-refractivity contribution in [3.05, 3.63) is 95.1 Å². The molecule has 4 rings (SSSR count). The van der Waals surface area contributed by atoms with E-state index in [2.05, 4.69) is 5.32 Å². The third-order valence-corrected chi connectivity index (χ3v) is 7.50. The molecule has 8 nitrogen and oxygen atoms in total. The van der Waals surface area contributed by atoms with E-state index in [1.807, 2.05) is 30.3 Å². The first-order valence-corrected chi connectivity index (χ1v) is 12.4. The number of nitrogens with zero attached hydrogens (tertiary/aromatic N) is 2. The van der Waals surface area contributed by atoms with Crippen molar-refractivity contribution in [3.8, 4) is 6.07 Å². The molecule has 1 N–H and O–H groups in total. The van der Waals surface area contributed by atoms with Gasteiger partial charge in [-0.3, -0.25) is 4.79 Å². The Morgan fingerprint density at radius 2 is 1.74 bits per heavy atom. The number of ether oxygens (including phenoxy) is 1. The molecule has 0 atom stereocenters. The molecule has 1 heterocycles. The number of carbonyl (C=O) groups is 2. The van der Waals surface area contributed by atoms with E-state index in [4.69, 9.17) is 10.00 Å². The van der Waals surface area contributed by atoms with E-state index in [1.54, 1.807) is 24.3 Å². The third-order valence-electron chi connectivity index (χ3n) is 5.66. The number of hydrogen-bond donors (Lipinski definition) is 1. The molecule has 178 valence electrons. The largest absolute Gasteiger partial charge is 0.452 e. The van der Waals surface area contributed by atoms with Gasteiger partial charge in [-0.1, -0.05) is 42.5 Å². The van der Waals surface area contributed by atoms with Gasteiger partial charge < -0.3 is 10.1 Å². The zero-order valence-corrected chi connectivity index (χ0v) is 19.6. The molecule has 0 bridgehead atoms. The van der Waals surface area contributed by atoms with Gasteiger partial charge in [-0.05, 0) is 53.4 Å². The first-order valence-electron chi connectivity index (χ1n) is 11.0. The molecule has 0 fully saturated rings. The highest BCUT2D eigenvalue weighted by atomic mass is 32.2. The monoisotopic (exact) mass is 489 g/mol. The predicted octanol–water partition coefficient (Wildman–Crippen LogP) is 3.30. The average Bonchev–Trinajstić information content (AvgIpc) is 2.88. The molecule has 9 heteroatoms. The first-order chi connectivity index (χ1) is 16.9. The zero-order valence-electron chi connectivity index (χ0n) is 18.8. The highest BCUT2D eigenvalue weighted by molar-refractivity contribution is 7.89. The van der Waals surface area contributed by atoms with Gasteiger partial charge in [-0.15, -0.1) is 0 Å². The molecular weight excluding hydrogens is 466 g/mol. The number of nitriles is 1. The van der Waals surface area contributed by atoms with Crippen LogP contribution in [0.2, 0.25) is 0 Å². The van der Waals surface area contributed by atoms with Crippen molar-refractivity contribution >= 4 is 27.6 Å². The molecule has 3 aromatic carbocycles. The van der Waals surface area contributed by atoms with Gasteiger partial charge in [0, 0.05) is 18.8 Å². The summed E-state index contributed by atoms with van der Waals surface area (Å²) in [6.45, 7) is 0.0925. The van der Waals surface area contributed by atoms with Crippen LogP contribution in [-0.2, 0) is 38.9 Å². The topological polar surface area (TPSA) is 117 Å². The molecule has 0 aliphatic carbocycles. The van der Waals surface area contributed by atoms with Gasteiger partial charge in [0.25, 0.3) is 5.91 Å². The van der Waals surface area contributed by atoms with Gasteiger partial charge >= 0.3 is 5.97 Å². The summed E-state index contributed by atoms with van der Waals surface area (Å²) in [5, 5.41) is 11.3. The molecule has 1 aliphatic heterocycles. The Morgan fingerprint density at radius 3 is 2.49 bits per heavy atom. The Kier molecular flexibility index (Phi) is 7.25. The lowest BCUT2D eigenvalue weighted by Crippen LogP contribution is -2.36. The lowest BCUT2D eigenvalue weighted by atomic mass is 10.0. The molecule has 0 saturated carbocycles. The Hall–Kier alpha value is -4.00. The molecule has 3 aromatic rings. The van der Waals surface area contributed by atoms with Crippen molar-refractivity contribution in [1.29, 1.82) is 5.26 Å². The van der Waals surface area contributed by atoms with Crippen molar-refractivity contribution in [2.45, 2.75) is 24.3 Å². The fraction of sp³-hybridized carbons (Fsp3) is 0.192. The molecule has 1 aliphatic rings. The quantitative estimate of drug-likeness (QED) is 0.509. The normalized spacial score (nSPS) is 13.3. The average molecular weight is 490 g/mol. The van der Waals surface area contributed by atoms with Crippen LogP contribution in [0.15, 0.2) is 77.7 Å². The van der Waals surface area contributed by atoms with Crippen LogP contribution < -0.4 is 5.32 Å². The summed E-state index contributed by atoms with van der Waals surface area (Å²) in [5.41, 5.74) is 3.46. The third kappa shape index (κ3) is 5.74. The van der Waals surface area contributed by atoms with Gasteiger partial charge in [-0.2, -0.15) is 9.57 Å². The van der Waals surface area contributed by atoms with E-state index in [0.29, 0.717) is 18.7 Å². The number of sulfonamides is 1. The molecule has 35 heavy (non-hydrogen) atoms. The van der Waals surface area contributed by atoms with Gasteiger partial charge in [0.2, 0.25) is 10.0 Å². The highest BCUT2D eigenvalue weighted by Crippen LogP contribution is 2.25. The van der Waals surface area contributed by atoms with Crippen LogP contribution in [0.4, 0.5) is 5.69 Å². The fourth-order valence-corrected chi connectivity index (χ4v) is 5.28. The number of benzene rings is 3. The fourth-order valence-electron chi connectivity index (χ4n) is 3.82. The Bertz CT molecular complexity index is 1390. The Labute approximate surface area is 203 Å². The van der Waals surface area contributed by atoms with E-state index in [1.165, 1.54) is 28.6 Å². The van der Waals surface area contributed by atoms with E-state index in [-0.39, 0.29) is 23.4 Å². The Morgan fingerprint density at radius 1 is 1.00 bits per heavy atom. The maximum absolute atomic E-state index is 13.2. The lowest BCUT2D eigenvalue weighted by Gasteiger charge is -2.28. The summed E-state index contributed by atoms with van der Waals surface area (Å²) in [5.74, 6) is -1.34. The summed E-state index contributed by atoms with van der Waals surface area (Å²) in [6.07, 6.45) is 0.888. The van der Waals surface area contributed by atoms with Crippen molar-refractivity contribution in [2.24, 2.45) is 0 Å². The van der Waals surface area contributed by atoms with Crippen LogP contribution in [0.1, 0.15) is 27.0 Å². The second-order valence-corrected chi connectivity index (χ2v) is 9.98. The number of anilines is 1. The summed E-state index contributed by atoms with van der Waals surface area (Å²) < 4.78 is 32.9. The number of rotatable bonds is 7. The van der Waals surface area contributed by atoms with Gasteiger partial charge in [0.15, 0.2) is 6.61 Å². The number of hydrogen-bond acceptors (Lipinski definition) is 6. The van der Waals surface area contributed by atoms with Crippen LogP contribution in [0.25, 0.3) is 0 Å². The molecule has 0 radical (unpaired) electrons. The van der Waals surface area contributed by atoms with Crippen molar-refractivity contribution in [2.75, 3.05) is 18.5 Å². The maximum atomic E-state index is 13.2. The maximum Gasteiger partial charge on any atom is 0.338 e. The van der Waals surface area contributed by atoms with Gasteiger partial charge in [0.1, 0.15) is 0 Å². The minimum Gasteiger partial charge on any atom is -0.452 e. The van der Waals surface area contributed by atoms with Gasteiger partial charge in [0.05, 0.1) is 22.9 Å². The summed E-state index contributed by atoms with van der Waals surface area (Å²) in [6, 6.07) is 22.1. The van der Waals surface area contributed by atoms with Crippen molar-refractivity contribution < 1.29 is 22.7 Å². The lowest BCUT2D eigenvalue weighted by molar-refractivity contribution is -0.119. The molecule has 0 unspecified atom stereocenters. The number of esters is 1. The van der Waals surface area contributed by atoms with Crippen molar-refractivity contribution in [3.63, 3.8) is 0 Å². The molecule has 0 spiro atoms. The van der Waals surface area contributed by atoms with Crippen LogP contribution >= 0.6 is 0 Å². The summed E-state index contributed by atoms with van der Waals surface area (Å²) >= 11 is 0. The van der Waals surface area contributed by atoms with Crippen LogP contribution in [-0.4, -0.2) is 37.8 Å². The van der Waals surface area contributed by atoms with Gasteiger partial charge in [-0.25, -0.2) is 13.2 Å². The minimum atomic E-state index is -3.81. The van der Waals surface area contributed by atoms with E-state index >= 15 is 0 Å². The molecule has 1 amide bonds. The minimum absolute atomic E-state index is 0.00626. The van der Waals surface area contributed by atoms with Crippen LogP contribution in [0.5, 0.6) is 0 Å². The van der Waals surface area contributed by atoms with E-state index < -0.39 is 28.5 Å². The highest BCUT2D eigenvalue weighted by Gasteiger charge is 2.28. The number of carbonyl (C=O) groups excluding carboxylic acids is 2. The standard InChI is InChI=1S/C26H23N3O5S/c27-14-12-19-8-10-23(11-9-19)28-25(30)18-34-26(31)21-6-3-7-24(16-21)35(32,33)29-15-13-20-4-1-2-5-22(20)17-29/h1-11,16H,12-13,15,17-18H2,(H,28,30). The summed E-state index contributed by atoms with van der Waals surface area (Å²) in [7, 11) is -3.81. The first kappa shape index (κ1) is 24.1. The van der Waals surface area contributed by atoms with Crippen LogP contribution in [0, 0.1) is 11.3 Å². The second kappa shape index (κ2) is 10.5. The second-order valence-electron chi connectivity index (χ2n) is 8.04. The van der Waals surface area contributed by atoms with Crippen LogP contribution in [0.3, 0.4) is 0 Å². The SMILES string of the molecule is N#CCc1ccc(NC(=O)COC(=O)c2cccc(S(=O)(=O)N3CCc4ccccc4C3)c2)cc1. The Balaban J connectivity index is 1.38. The van der Waals surface area contributed by atoms with Crippen molar-refractivity contribution in [1.82, 2.24) is 4.31 Å². The number of nitrogens with one attached hydrogen (secondary N) is 1. The van der Waals surface area contributed by atoms with E-state index in [0.717, 1.165) is 16.7 Å². The molecule has 0 saturated heterocycles. The smallest absolute Gasteiger partial charge is 0.338 e. The predicted molar refractivity (Wildman–Crippen MR) is 129 cm³/mol. The molecule has 0 aromatic heterocycles. The zero-order chi connectivity index (χ0) is 24.8. The molecular formula is C26H23N3O5S. The number of fused-ring (bicyclic) bond motifs is 1. The summed E-state index contributed by atoms with van der Waals surface area (Å²) in [4.78, 5) is 24.6.